The van der Waals surface area contributed by atoms with Crippen LogP contribution < -0.4 is 4.74 Å². The first-order valence-electron chi connectivity index (χ1n) is 7.53. The molecule has 1 aromatic rings. The van der Waals surface area contributed by atoms with Crippen molar-refractivity contribution in [2.24, 2.45) is 0 Å². The number of benzene rings is 1. The Morgan fingerprint density at radius 3 is 2.22 bits per heavy atom. The molecule has 0 spiro atoms. The molecule has 1 aliphatic heterocycles. The smallest absolute Gasteiger partial charge is 0.406 e. The number of ether oxygens (including phenoxy) is 1. The van der Waals surface area contributed by atoms with Crippen LogP contribution in [0.3, 0.4) is 0 Å². The van der Waals surface area contributed by atoms with E-state index in [0.717, 1.165) is 18.4 Å². The molecule has 128 valence electrons. The first kappa shape index (κ1) is 16.6. The van der Waals surface area contributed by atoms with Gasteiger partial charge in [0.1, 0.15) is 5.75 Å². The summed E-state index contributed by atoms with van der Waals surface area (Å²) in [4.78, 5) is 2.18. The van der Waals surface area contributed by atoms with Gasteiger partial charge in [0.25, 0.3) is 0 Å². The number of hydrogen-bond acceptors (Lipinski definition) is 4. The molecule has 1 heterocycles. The molecule has 1 aliphatic carbocycles. The molecule has 2 aliphatic rings. The van der Waals surface area contributed by atoms with E-state index in [1.807, 2.05) is 0 Å². The SMILES string of the molecule is O=S1(=O)CC[C@@H](N(Cc2ccc(OC(F)(F)F)cc2)C2CC2)C1. The monoisotopic (exact) mass is 349 g/mol. The number of sulfone groups is 1. The van der Waals surface area contributed by atoms with Crippen molar-refractivity contribution in [2.45, 2.75) is 44.3 Å². The fourth-order valence-corrected chi connectivity index (χ4v) is 4.75. The van der Waals surface area contributed by atoms with Gasteiger partial charge in [0.15, 0.2) is 9.84 Å². The first-order valence-corrected chi connectivity index (χ1v) is 9.35. The van der Waals surface area contributed by atoms with Crippen molar-refractivity contribution in [3.05, 3.63) is 29.8 Å². The Hall–Kier alpha value is -1.28. The topological polar surface area (TPSA) is 46.6 Å². The van der Waals surface area contributed by atoms with Crippen LogP contribution in [0.2, 0.25) is 0 Å². The van der Waals surface area contributed by atoms with E-state index < -0.39 is 16.2 Å². The molecule has 0 aromatic heterocycles. The zero-order valence-electron chi connectivity index (χ0n) is 12.4. The van der Waals surface area contributed by atoms with Crippen molar-refractivity contribution >= 4 is 9.84 Å². The van der Waals surface area contributed by atoms with Crippen LogP contribution in [0, 0.1) is 0 Å². The van der Waals surface area contributed by atoms with Crippen LogP contribution >= 0.6 is 0 Å². The summed E-state index contributed by atoms with van der Waals surface area (Å²) < 4.78 is 63.7. The maximum Gasteiger partial charge on any atom is 0.573 e. The summed E-state index contributed by atoms with van der Waals surface area (Å²) in [6.45, 7) is 0.553. The van der Waals surface area contributed by atoms with Crippen LogP contribution in [-0.4, -0.2) is 43.3 Å². The predicted molar refractivity (Wildman–Crippen MR) is 78.7 cm³/mol. The second kappa shape index (κ2) is 5.98. The highest BCUT2D eigenvalue weighted by Gasteiger charge is 2.39. The predicted octanol–water partition coefficient (Wildman–Crippen LogP) is 2.74. The molecule has 1 saturated carbocycles. The molecule has 23 heavy (non-hydrogen) atoms. The van der Waals surface area contributed by atoms with E-state index >= 15 is 0 Å². The van der Waals surface area contributed by atoms with Gasteiger partial charge in [0.05, 0.1) is 11.5 Å². The summed E-state index contributed by atoms with van der Waals surface area (Å²) in [6.07, 6.45) is -1.97. The van der Waals surface area contributed by atoms with E-state index in [9.17, 15) is 21.6 Å². The van der Waals surface area contributed by atoms with Gasteiger partial charge in [-0.1, -0.05) is 12.1 Å². The Bertz CT molecular complexity index is 654. The third-order valence-electron chi connectivity index (χ3n) is 4.22. The highest BCUT2D eigenvalue weighted by molar-refractivity contribution is 7.91. The van der Waals surface area contributed by atoms with Crippen LogP contribution in [0.5, 0.6) is 5.75 Å². The lowest BCUT2D eigenvalue weighted by Gasteiger charge is -2.28. The number of rotatable bonds is 5. The van der Waals surface area contributed by atoms with Crippen LogP contribution in [-0.2, 0) is 16.4 Å². The van der Waals surface area contributed by atoms with Crippen LogP contribution in [0.15, 0.2) is 24.3 Å². The zero-order valence-corrected chi connectivity index (χ0v) is 13.2. The molecule has 1 atom stereocenters. The van der Waals surface area contributed by atoms with E-state index in [2.05, 4.69) is 9.64 Å². The fraction of sp³-hybridized carbons (Fsp3) is 0.600. The van der Waals surface area contributed by atoms with Gasteiger partial charge in [-0.2, -0.15) is 0 Å². The summed E-state index contributed by atoms with van der Waals surface area (Å²) in [7, 11) is -2.95. The van der Waals surface area contributed by atoms with Crippen molar-refractivity contribution in [1.82, 2.24) is 4.90 Å². The maximum atomic E-state index is 12.2. The molecule has 3 rings (SSSR count). The fourth-order valence-electron chi connectivity index (χ4n) is 3.01. The highest BCUT2D eigenvalue weighted by Crippen LogP contribution is 2.34. The Kier molecular flexibility index (Phi) is 4.31. The normalized spacial score (nSPS) is 24.1. The summed E-state index contributed by atoms with van der Waals surface area (Å²) in [5.41, 5.74) is 0.857. The Balaban J connectivity index is 1.66. The molecule has 2 fully saturated rings. The number of hydrogen-bond donors (Lipinski definition) is 0. The van der Waals surface area contributed by atoms with Gasteiger partial charge in [0.2, 0.25) is 0 Å². The zero-order chi connectivity index (χ0) is 16.7. The van der Waals surface area contributed by atoms with Crippen molar-refractivity contribution in [1.29, 1.82) is 0 Å². The quantitative estimate of drug-likeness (QED) is 0.820. The number of alkyl halides is 3. The second-order valence-corrected chi connectivity index (χ2v) is 8.38. The van der Waals surface area contributed by atoms with Gasteiger partial charge in [-0.05, 0) is 37.0 Å². The summed E-state index contributed by atoms with van der Waals surface area (Å²) in [5.74, 6) is 0.153. The van der Waals surface area contributed by atoms with Gasteiger partial charge in [-0.25, -0.2) is 8.42 Å². The molecule has 0 bridgehead atoms. The van der Waals surface area contributed by atoms with E-state index in [1.165, 1.54) is 12.1 Å². The average Bonchev–Trinajstić information content (AvgIpc) is 3.20. The lowest BCUT2D eigenvalue weighted by molar-refractivity contribution is -0.274. The van der Waals surface area contributed by atoms with Crippen molar-refractivity contribution < 1.29 is 26.3 Å². The standard InChI is InChI=1S/C15H18F3NO3S/c16-15(17,18)22-14-5-1-11(2-6-14)9-19(12-3-4-12)13-7-8-23(20,21)10-13/h1-2,5-6,12-13H,3-4,7-10H2/t13-/m1/s1. The Morgan fingerprint density at radius 1 is 1.09 bits per heavy atom. The van der Waals surface area contributed by atoms with Gasteiger partial charge in [-0.3, -0.25) is 4.90 Å². The molecule has 0 unspecified atom stereocenters. The molecule has 4 nitrogen and oxygen atoms in total. The van der Waals surface area contributed by atoms with E-state index in [1.54, 1.807) is 12.1 Å². The molecule has 8 heteroatoms. The summed E-state index contributed by atoms with van der Waals surface area (Å²) in [6, 6.07) is 6.18. The third kappa shape index (κ3) is 4.60. The molecule has 1 saturated heterocycles. The van der Waals surface area contributed by atoms with Gasteiger partial charge >= 0.3 is 6.36 Å². The molecular weight excluding hydrogens is 331 g/mol. The van der Waals surface area contributed by atoms with Crippen LogP contribution in [0.4, 0.5) is 13.2 Å². The largest absolute Gasteiger partial charge is 0.573 e. The summed E-state index contributed by atoms with van der Waals surface area (Å²) in [5, 5.41) is 0. The summed E-state index contributed by atoms with van der Waals surface area (Å²) >= 11 is 0. The second-order valence-electron chi connectivity index (χ2n) is 6.15. The molecule has 1 aromatic carbocycles. The number of halogens is 3. The van der Waals surface area contributed by atoms with Gasteiger partial charge in [0, 0.05) is 18.6 Å². The minimum atomic E-state index is -4.69. The maximum absolute atomic E-state index is 12.2. The van der Waals surface area contributed by atoms with E-state index in [-0.39, 0.29) is 23.3 Å². The van der Waals surface area contributed by atoms with Gasteiger partial charge in [-0.15, -0.1) is 13.2 Å². The average molecular weight is 349 g/mol. The third-order valence-corrected chi connectivity index (χ3v) is 5.97. The minimum absolute atomic E-state index is 0.0126. The van der Waals surface area contributed by atoms with Crippen molar-refractivity contribution in [3.63, 3.8) is 0 Å². The van der Waals surface area contributed by atoms with E-state index in [0.29, 0.717) is 19.0 Å². The molecule has 0 amide bonds. The van der Waals surface area contributed by atoms with Crippen molar-refractivity contribution in [2.75, 3.05) is 11.5 Å². The van der Waals surface area contributed by atoms with Crippen LogP contribution in [0.25, 0.3) is 0 Å². The Morgan fingerprint density at radius 2 is 1.74 bits per heavy atom. The molecule has 0 N–H and O–H groups in total. The lowest BCUT2D eigenvalue weighted by atomic mass is 10.1. The Labute approximate surface area is 133 Å². The van der Waals surface area contributed by atoms with Gasteiger partial charge < -0.3 is 4.74 Å². The van der Waals surface area contributed by atoms with Crippen LogP contribution in [0.1, 0.15) is 24.8 Å². The lowest BCUT2D eigenvalue weighted by Crippen LogP contribution is -2.37. The van der Waals surface area contributed by atoms with Crippen molar-refractivity contribution in [3.8, 4) is 5.75 Å². The number of nitrogens with zero attached hydrogens (tertiary/aromatic N) is 1. The van der Waals surface area contributed by atoms with E-state index in [4.69, 9.17) is 0 Å². The molecule has 0 radical (unpaired) electrons. The highest BCUT2D eigenvalue weighted by atomic mass is 32.2. The minimum Gasteiger partial charge on any atom is -0.406 e. The first-order chi connectivity index (χ1) is 10.7. The molecular formula is C15H18F3NO3S.